The van der Waals surface area contributed by atoms with E-state index in [9.17, 15) is 47.0 Å². The number of fused-ring (bicyclic) bond motifs is 3. The van der Waals surface area contributed by atoms with E-state index < -0.39 is 123 Å². The number of hydrogen-bond donors (Lipinski definition) is 4. The molecule has 0 unspecified atom stereocenters. The molecular formula is C44H49F5O16S. The lowest BCUT2D eigenvalue weighted by Gasteiger charge is -2.29. The number of alkyl halides is 5. The van der Waals surface area contributed by atoms with Crippen LogP contribution >= 0.6 is 0 Å². The molecule has 0 radical (unpaired) electrons. The summed E-state index contributed by atoms with van der Waals surface area (Å²) < 4.78 is 120. The Bertz CT molecular complexity index is 2240. The first-order valence-corrected chi connectivity index (χ1v) is 21.7. The molecule has 4 N–H and O–H groups in total. The second-order valence-electron chi connectivity index (χ2n) is 16.1. The van der Waals surface area contributed by atoms with Gasteiger partial charge in [-0.3, -0.25) is 14.1 Å². The van der Waals surface area contributed by atoms with Crippen LogP contribution in [0.1, 0.15) is 68.6 Å². The second kappa shape index (κ2) is 20.0. The molecule has 4 saturated carbocycles. The summed E-state index contributed by atoms with van der Waals surface area (Å²) in [6.45, 7) is 4.04. The smallest absolute Gasteiger partial charge is 0.467 e. The Balaban J connectivity index is 0.000000194. The van der Waals surface area contributed by atoms with Gasteiger partial charge in [0.1, 0.15) is 30.5 Å². The average Bonchev–Trinajstić information content (AvgIpc) is 3.88. The number of aliphatic hydroxyl groups excluding tert-OH is 3. The van der Waals surface area contributed by atoms with Crippen molar-refractivity contribution in [2.45, 2.75) is 99.0 Å². The first-order chi connectivity index (χ1) is 30.8. The quantitative estimate of drug-likeness (QED) is 0.0766. The number of methoxy groups -OCH3 is 2. The molecule has 66 heavy (non-hydrogen) atoms. The minimum absolute atomic E-state index is 0.150. The van der Waals surface area contributed by atoms with Gasteiger partial charge in [0.25, 0.3) is 0 Å². The van der Waals surface area contributed by atoms with E-state index in [1.807, 2.05) is 78.9 Å². The monoisotopic (exact) mass is 960 g/mol. The number of halogens is 5. The van der Waals surface area contributed by atoms with Crippen LogP contribution in [0.5, 0.6) is 0 Å². The molecule has 0 amide bonds. The molecule has 8 rings (SSSR count). The van der Waals surface area contributed by atoms with Crippen molar-refractivity contribution < 1.29 is 97.8 Å². The molecular weight excluding hydrogens is 912 g/mol. The van der Waals surface area contributed by atoms with Gasteiger partial charge in [0.2, 0.25) is 11.3 Å². The van der Waals surface area contributed by atoms with E-state index in [0.717, 1.165) is 30.9 Å². The van der Waals surface area contributed by atoms with Crippen LogP contribution in [0.2, 0.25) is 0 Å². The number of benzene rings is 3. The van der Waals surface area contributed by atoms with Gasteiger partial charge >= 0.3 is 39.5 Å². The Hall–Kier alpha value is -5.10. The minimum Gasteiger partial charge on any atom is -0.467 e. The van der Waals surface area contributed by atoms with E-state index in [1.54, 1.807) is 19.1 Å². The van der Waals surface area contributed by atoms with Crippen molar-refractivity contribution in [3.05, 3.63) is 108 Å². The van der Waals surface area contributed by atoms with Crippen molar-refractivity contribution in [1.82, 2.24) is 0 Å². The molecule has 0 aromatic heterocycles. The van der Waals surface area contributed by atoms with Gasteiger partial charge in [-0.15, -0.1) is 0 Å². The van der Waals surface area contributed by atoms with Gasteiger partial charge in [-0.1, -0.05) is 91.0 Å². The molecule has 362 valence electrons. The zero-order valence-electron chi connectivity index (χ0n) is 35.9. The van der Waals surface area contributed by atoms with Crippen LogP contribution < -0.4 is 0 Å². The number of ether oxygens (including phenoxy) is 6. The lowest BCUT2D eigenvalue weighted by molar-refractivity contribution is -0.209. The molecule has 0 bridgehead atoms. The fourth-order valence-electron chi connectivity index (χ4n) is 8.99. The fourth-order valence-corrected chi connectivity index (χ4v) is 8.99. The molecule has 22 heteroatoms. The number of hydrogen-bond acceptors (Lipinski definition) is 15. The number of carbonyl (C=O) groups is 4. The summed E-state index contributed by atoms with van der Waals surface area (Å²) in [4.78, 5) is 46.0. The van der Waals surface area contributed by atoms with E-state index in [-0.39, 0.29) is 12.8 Å². The summed E-state index contributed by atoms with van der Waals surface area (Å²) in [5.74, 6) is -7.85. The fraction of sp³-hybridized carbons (Fsp3) is 0.500. The topological polar surface area (TPSA) is 239 Å². The van der Waals surface area contributed by atoms with Crippen molar-refractivity contribution in [1.29, 1.82) is 0 Å². The lowest BCUT2D eigenvalue weighted by Crippen LogP contribution is -2.42. The summed E-state index contributed by atoms with van der Waals surface area (Å²) in [6.07, 6.45) is -4.70. The zero-order valence-corrected chi connectivity index (χ0v) is 36.7. The molecule has 3 aromatic rings. The molecule has 1 aliphatic heterocycles. The van der Waals surface area contributed by atoms with Crippen molar-refractivity contribution in [2.75, 3.05) is 14.2 Å². The normalized spacial score (nSPS) is 31.6. The standard InChI is InChI=1S/C24H23FO6.C10H13FO5.C9H12O2.CHF3O3S/c1-14(26)29-17-13-23(21-18(17)24(21,25)22(27)28-2)30-19(15-9-5-3-6-10-15)20(31-23)16-11-7-4-8-12-16;1-4(12)16-6-3-5(13)7-8(6)10(7,11)9(14)15-2;1-7(10)9(11)8-5-3-2-4-6-8;2-1(3,4)8(5,6)7/h3-12,17-21H,13H2,1-2H3;5-8,13H,3H2,1-2H3;2-7,9-11H,1H3;(H,5,6,7)/t17-,18+,19+,20+,21+,24+;5-,6+,7+,8-,10+;7-,9+;/m100./s1. The Morgan fingerprint density at radius 2 is 1.12 bits per heavy atom. The first-order valence-electron chi connectivity index (χ1n) is 20.3. The van der Waals surface area contributed by atoms with Crippen LogP contribution in [0.15, 0.2) is 91.0 Å². The third-order valence-corrected chi connectivity index (χ3v) is 12.4. The van der Waals surface area contributed by atoms with Crippen molar-refractivity contribution in [2.24, 2.45) is 23.7 Å². The highest BCUT2D eigenvalue weighted by Crippen LogP contribution is 2.73. The Labute approximate surface area is 375 Å². The first kappa shape index (κ1) is 51.9. The largest absolute Gasteiger partial charge is 0.522 e. The third kappa shape index (κ3) is 10.5. The Morgan fingerprint density at radius 3 is 1.52 bits per heavy atom. The summed E-state index contributed by atoms with van der Waals surface area (Å²) in [5, 5.41) is 27.9. The molecule has 1 spiro atoms. The van der Waals surface area contributed by atoms with Crippen LogP contribution in [0, 0.1) is 23.7 Å². The highest BCUT2D eigenvalue weighted by atomic mass is 32.2. The van der Waals surface area contributed by atoms with Crippen LogP contribution in [0.4, 0.5) is 22.0 Å². The Kier molecular flexibility index (Phi) is 15.7. The molecule has 16 nitrogen and oxygen atoms in total. The molecule has 5 aliphatic rings. The van der Waals surface area contributed by atoms with Crippen molar-refractivity contribution in [3.8, 4) is 0 Å². The van der Waals surface area contributed by atoms with Crippen molar-refractivity contribution in [3.63, 3.8) is 0 Å². The summed E-state index contributed by atoms with van der Waals surface area (Å²) in [5.41, 5.74) is -7.53. The van der Waals surface area contributed by atoms with Crippen LogP contribution in [0.3, 0.4) is 0 Å². The number of rotatable bonds is 8. The third-order valence-electron chi connectivity index (χ3n) is 11.8. The van der Waals surface area contributed by atoms with E-state index in [1.165, 1.54) is 13.8 Å². The summed E-state index contributed by atoms with van der Waals surface area (Å²) in [7, 11) is -3.61. The van der Waals surface area contributed by atoms with Crippen LogP contribution in [0.25, 0.3) is 0 Å². The van der Waals surface area contributed by atoms with Gasteiger partial charge in [-0.05, 0) is 23.6 Å². The molecule has 1 saturated heterocycles. The van der Waals surface area contributed by atoms with E-state index >= 15 is 4.39 Å². The summed E-state index contributed by atoms with van der Waals surface area (Å²) in [6, 6.07) is 28.2. The molecule has 13 atom stereocenters. The molecule has 3 aromatic carbocycles. The molecule has 5 fully saturated rings. The van der Waals surface area contributed by atoms with Crippen molar-refractivity contribution >= 4 is 34.0 Å². The highest BCUT2D eigenvalue weighted by molar-refractivity contribution is 7.86. The predicted octanol–water partition coefficient (Wildman–Crippen LogP) is 4.98. The maximum atomic E-state index is 15.8. The van der Waals surface area contributed by atoms with E-state index in [2.05, 4.69) is 4.74 Å². The van der Waals surface area contributed by atoms with Gasteiger partial charge in [0.05, 0.1) is 44.2 Å². The highest BCUT2D eigenvalue weighted by Gasteiger charge is 2.88. The maximum Gasteiger partial charge on any atom is 0.522 e. The summed E-state index contributed by atoms with van der Waals surface area (Å²) >= 11 is 0. The Morgan fingerprint density at radius 1 is 0.712 bits per heavy atom. The van der Waals surface area contributed by atoms with Gasteiger partial charge in [0.15, 0.2) is 5.79 Å². The van der Waals surface area contributed by atoms with Gasteiger partial charge < -0.3 is 43.7 Å². The number of carbonyl (C=O) groups excluding carboxylic acids is 4. The zero-order chi connectivity index (χ0) is 49.2. The predicted molar refractivity (Wildman–Crippen MR) is 216 cm³/mol. The van der Waals surface area contributed by atoms with E-state index in [0.29, 0.717) is 0 Å². The maximum absolute atomic E-state index is 15.8. The van der Waals surface area contributed by atoms with Gasteiger partial charge in [-0.2, -0.15) is 21.6 Å². The second-order valence-corrected chi connectivity index (χ2v) is 17.5. The van der Waals surface area contributed by atoms with Crippen LogP contribution in [-0.4, -0.2) is 113 Å². The minimum atomic E-state index is -5.84. The van der Waals surface area contributed by atoms with E-state index in [4.69, 9.17) is 41.8 Å². The average molecular weight is 961 g/mol. The molecule has 4 aliphatic carbocycles. The van der Waals surface area contributed by atoms with Gasteiger partial charge in [-0.25, -0.2) is 18.4 Å². The number of aliphatic hydroxyl groups is 3. The molecule has 1 heterocycles. The number of esters is 4. The van der Waals surface area contributed by atoms with Crippen LogP contribution in [-0.2, 0) is 57.7 Å². The lowest BCUT2D eigenvalue weighted by atomic mass is 9.99. The van der Waals surface area contributed by atoms with Gasteiger partial charge in [0, 0.05) is 32.6 Å². The SMILES string of the molecule is COC(=O)[C@]1(F)[C@@H]2[C@H]1[C@@H](O)C[C@H]2OC(C)=O.COC(=O)[C@]1(F)[C@H]2[C@H](OC(C)=O)CC3(O[C@@H](c4ccccc4)[C@H](c4ccccc4)O3)[C@H]21.C[C@H](O)[C@@H](O)c1ccccc1.O=S(=O)(O)C(F)(F)F.